The quantitative estimate of drug-likeness (QED) is 0.0831. The van der Waals surface area contributed by atoms with Gasteiger partial charge in [-0.15, -0.1) is 0 Å². The molecule has 11 nitrogen and oxygen atoms in total. The van der Waals surface area contributed by atoms with Gasteiger partial charge in [0, 0.05) is 49.0 Å². The molecule has 0 amide bonds. The highest BCUT2D eigenvalue weighted by Gasteiger charge is 2.37. The summed E-state index contributed by atoms with van der Waals surface area (Å²) in [6, 6.07) is 11.2. The summed E-state index contributed by atoms with van der Waals surface area (Å²) in [5, 5.41) is 94.9. The van der Waals surface area contributed by atoms with Crippen LogP contribution in [0.4, 0.5) is 0 Å². The highest BCUT2D eigenvalue weighted by atomic mass is 16.4. The first-order chi connectivity index (χ1) is 28.6. The number of carbonyl (C=O) groups is 1. The average Bonchev–Trinajstić information content (AvgIpc) is 3.40. The molecular weight excluding hydrogens is 761 g/mol. The van der Waals surface area contributed by atoms with E-state index in [1.807, 2.05) is 26.0 Å². The summed E-state index contributed by atoms with van der Waals surface area (Å²) < 4.78 is 0. The number of rotatable bonds is 19. The van der Waals surface area contributed by atoms with Crippen molar-refractivity contribution in [3.8, 4) is 17.6 Å². The first kappa shape index (κ1) is 49.1. The second-order valence-corrected chi connectivity index (χ2v) is 17.5. The highest BCUT2D eigenvalue weighted by molar-refractivity contribution is 5.67. The fraction of sp³-hybridized carbons (Fsp3) is 0.612. The number of phenols is 1. The summed E-state index contributed by atoms with van der Waals surface area (Å²) in [5.74, 6) is 5.77. The van der Waals surface area contributed by atoms with Gasteiger partial charge >= 0.3 is 5.97 Å². The number of unbranched alkanes of at least 4 members (excludes halogenated alkanes) is 1. The van der Waals surface area contributed by atoms with Crippen molar-refractivity contribution in [1.82, 2.24) is 10.6 Å². The number of hydrogen-bond acceptors (Lipinski definition) is 10. The monoisotopic (exact) mass is 833 g/mol. The Morgan fingerprint density at radius 2 is 1.77 bits per heavy atom. The van der Waals surface area contributed by atoms with E-state index < -0.39 is 60.7 Å². The first-order valence-electron chi connectivity index (χ1n) is 22.2. The lowest BCUT2D eigenvalue weighted by Gasteiger charge is -2.38. The maximum atomic E-state index is 12.4. The molecule has 2 aliphatic rings. The van der Waals surface area contributed by atoms with Gasteiger partial charge in [0.15, 0.2) is 0 Å². The third-order valence-corrected chi connectivity index (χ3v) is 12.5. The number of allylic oxidation sites excluding steroid dienone is 2. The van der Waals surface area contributed by atoms with Gasteiger partial charge in [0.2, 0.25) is 0 Å². The van der Waals surface area contributed by atoms with Gasteiger partial charge in [0.25, 0.3) is 0 Å². The Labute approximate surface area is 357 Å². The minimum Gasteiger partial charge on any atom is -0.508 e. The summed E-state index contributed by atoms with van der Waals surface area (Å²) in [4.78, 5) is 12.0. The topological polar surface area (TPSA) is 203 Å². The Morgan fingerprint density at radius 3 is 2.45 bits per heavy atom. The second kappa shape index (κ2) is 24.2. The van der Waals surface area contributed by atoms with Crippen LogP contribution in [0.25, 0.3) is 0 Å². The zero-order valence-electron chi connectivity index (χ0n) is 36.2. The Kier molecular flexibility index (Phi) is 19.8. The molecular formula is C49H72N2O9. The molecule has 1 saturated heterocycles. The minimum atomic E-state index is -1.40. The van der Waals surface area contributed by atoms with Crippen molar-refractivity contribution in [3.05, 3.63) is 88.0 Å². The number of phenolic OH excluding ortho intramolecular Hbond substituents is 1. The van der Waals surface area contributed by atoms with E-state index in [9.17, 15) is 45.6 Å². The normalized spacial score (nSPS) is 24.7. The molecule has 10 N–H and O–H groups in total. The number of hydrogen-bond donors (Lipinski definition) is 10. The standard InChI is InChI=1S/C49H72N2O9/c1-5-7-16-43(55)44(56)26-22-36-21-20-35-13-9-12-34(6-2)40(35)15-10-17-46(49(4,60)30-33-18-23-38(53)24-19-33)51-42(41(36)29-39(54)31-52)25-27-45(57)48-37(28-47(58)59)14-8-11-32(3)50-48/h9,12-13,18-19,22-24,26,32,37,39,42-46,48,50-57,60H,5-8,11,14,16-17,20-21,25,27-31H2,1-4H3,(H,58,59)/t32-,37+,39-,42-,43-,44+,45-,46+,48+,49-/m0/s1. The van der Waals surface area contributed by atoms with E-state index in [2.05, 4.69) is 41.5 Å². The summed E-state index contributed by atoms with van der Waals surface area (Å²) in [6.45, 7) is 7.39. The molecule has 0 spiro atoms. The van der Waals surface area contributed by atoms with Gasteiger partial charge < -0.3 is 51.5 Å². The number of benzene rings is 2. The van der Waals surface area contributed by atoms with Crippen molar-refractivity contribution < 1.29 is 45.6 Å². The molecule has 0 radical (unpaired) electrons. The number of aliphatic carboxylic acids is 1. The van der Waals surface area contributed by atoms with E-state index in [1.165, 1.54) is 0 Å². The van der Waals surface area contributed by atoms with Gasteiger partial charge in [-0.05, 0) is 118 Å². The van der Waals surface area contributed by atoms with Crippen LogP contribution in [0.3, 0.4) is 0 Å². The summed E-state index contributed by atoms with van der Waals surface area (Å²) in [7, 11) is 0. The molecule has 2 aromatic carbocycles. The molecule has 2 heterocycles. The van der Waals surface area contributed by atoms with Crippen LogP contribution in [0.15, 0.2) is 65.8 Å². The molecule has 332 valence electrons. The summed E-state index contributed by atoms with van der Waals surface area (Å²) >= 11 is 0. The molecule has 0 bridgehead atoms. The van der Waals surface area contributed by atoms with Crippen LogP contribution < -0.4 is 10.6 Å². The zero-order chi connectivity index (χ0) is 43.8. The Morgan fingerprint density at radius 1 is 1.02 bits per heavy atom. The lowest BCUT2D eigenvalue weighted by molar-refractivity contribution is -0.138. The van der Waals surface area contributed by atoms with Crippen LogP contribution in [0.5, 0.6) is 5.75 Å². The Hall–Kier alpha value is -3.57. The number of aryl methyl sites for hydroxylation is 2. The largest absolute Gasteiger partial charge is 0.508 e. The molecule has 10 atom stereocenters. The predicted molar refractivity (Wildman–Crippen MR) is 235 cm³/mol. The van der Waals surface area contributed by atoms with Crippen molar-refractivity contribution >= 4 is 5.97 Å². The van der Waals surface area contributed by atoms with Crippen LogP contribution in [-0.4, -0.2) is 108 Å². The number of carboxylic acids is 1. The lowest BCUT2D eigenvalue weighted by Crippen LogP contribution is -2.54. The van der Waals surface area contributed by atoms with Crippen molar-refractivity contribution in [2.24, 2.45) is 5.92 Å². The van der Waals surface area contributed by atoms with Crippen molar-refractivity contribution in [1.29, 1.82) is 0 Å². The maximum Gasteiger partial charge on any atom is 0.303 e. The number of aromatic hydroxyl groups is 1. The molecule has 4 rings (SSSR count). The van der Waals surface area contributed by atoms with Crippen LogP contribution >= 0.6 is 0 Å². The third-order valence-electron chi connectivity index (χ3n) is 12.5. The summed E-state index contributed by atoms with van der Waals surface area (Å²) in [6.07, 6.45) is 6.42. The van der Waals surface area contributed by atoms with Gasteiger partial charge in [0.1, 0.15) is 5.75 Å². The van der Waals surface area contributed by atoms with Gasteiger partial charge in [-0.2, -0.15) is 0 Å². The van der Waals surface area contributed by atoms with Gasteiger partial charge in [-0.25, -0.2) is 0 Å². The Bertz CT molecular complexity index is 1760. The zero-order valence-corrected chi connectivity index (χ0v) is 36.2. The van der Waals surface area contributed by atoms with E-state index >= 15 is 0 Å². The SMILES string of the molecule is CCCC[C@H](O)[C@H](O)C=CC1=C(C[C@H](O)CO)[C@H](CC[C@H](O)[C@@H]2N[C@@H](C)CCC[C@@H]2CC(=O)O)N[C@@H]([C@@](C)(O)Cc2ccc(O)cc2)CC#Cc2c(CC)cccc2CC1. The van der Waals surface area contributed by atoms with Crippen LogP contribution in [0.1, 0.15) is 127 Å². The predicted octanol–water partition coefficient (Wildman–Crippen LogP) is 5.23. The molecule has 60 heavy (non-hydrogen) atoms. The van der Waals surface area contributed by atoms with E-state index in [0.717, 1.165) is 65.5 Å². The lowest BCUT2D eigenvalue weighted by atomic mass is 9.82. The second-order valence-electron chi connectivity index (χ2n) is 17.5. The Balaban J connectivity index is 1.90. The van der Waals surface area contributed by atoms with Crippen molar-refractivity contribution in [3.63, 3.8) is 0 Å². The first-order valence-corrected chi connectivity index (χ1v) is 22.2. The van der Waals surface area contributed by atoms with E-state index in [0.29, 0.717) is 32.1 Å². The molecule has 1 fully saturated rings. The molecule has 0 aliphatic carbocycles. The number of aliphatic hydroxyl groups excluding tert-OH is 5. The third kappa shape index (κ3) is 14.8. The van der Waals surface area contributed by atoms with Gasteiger partial charge in [0.05, 0.1) is 36.6 Å². The molecule has 0 saturated carbocycles. The van der Waals surface area contributed by atoms with Gasteiger partial charge in [-0.1, -0.05) is 87.4 Å². The fourth-order valence-electron chi connectivity index (χ4n) is 8.94. The minimum absolute atomic E-state index is 0.0408. The maximum absolute atomic E-state index is 12.4. The molecule has 0 unspecified atom stereocenters. The fourth-order valence-corrected chi connectivity index (χ4v) is 8.94. The van der Waals surface area contributed by atoms with Crippen LogP contribution in [0, 0.1) is 17.8 Å². The van der Waals surface area contributed by atoms with Crippen LogP contribution in [-0.2, 0) is 24.1 Å². The smallest absolute Gasteiger partial charge is 0.303 e. The number of aliphatic hydroxyl groups is 6. The van der Waals surface area contributed by atoms with Crippen LogP contribution in [0.2, 0.25) is 0 Å². The van der Waals surface area contributed by atoms with Crippen molar-refractivity contribution in [2.45, 2.75) is 178 Å². The summed E-state index contributed by atoms with van der Waals surface area (Å²) in [5.41, 5.74) is 3.95. The highest BCUT2D eigenvalue weighted by Crippen LogP contribution is 2.32. The molecule has 11 heteroatoms. The molecule has 0 aromatic heterocycles. The van der Waals surface area contributed by atoms with Crippen molar-refractivity contribution in [2.75, 3.05) is 6.61 Å². The van der Waals surface area contributed by atoms with E-state index in [1.54, 1.807) is 37.3 Å². The van der Waals surface area contributed by atoms with E-state index in [-0.39, 0.29) is 49.8 Å². The number of nitrogens with one attached hydrogen (secondary N) is 2. The number of fused-ring (bicyclic) bond motifs is 1. The average molecular weight is 833 g/mol. The van der Waals surface area contributed by atoms with Gasteiger partial charge in [-0.3, -0.25) is 4.79 Å². The number of carboxylic acid groups (broad SMARTS) is 1. The molecule has 2 aliphatic heterocycles. The van der Waals surface area contributed by atoms with E-state index in [4.69, 9.17) is 0 Å². The molecule has 2 aromatic rings.